The number of amides is 1. The molecule has 0 aliphatic carbocycles. The van der Waals surface area contributed by atoms with Crippen molar-refractivity contribution in [3.05, 3.63) is 0 Å². The Morgan fingerprint density at radius 2 is 1.89 bits per heavy atom. The van der Waals surface area contributed by atoms with Crippen LogP contribution in [-0.2, 0) is 4.79 Å². The van der Waals surface area contributed by atoms with Crippen LogP contribution in [0.25, 0.3) is 0 Å². The van der Waals surface area contributed by atoms with Crippen LogP contribution in [0.3, 0.4) is 0 Å². The van der Waals surface area contributed by atoms with Gasteiger partial charge in [0, 0.05) is 20.1 Å². The van der Waals surface area contributed by atoms with E-state index in [0.717, 1.165) is 45.4 Å². The molecule has 2 fully saturated rings. The molecule has 0 aromatic carbocycles. The number of nitrogens with zero attached hydrogens (tertiary/aromatic N) is 2. The highest BCUT2D eigenvalue weighted by Gasteiger charge is 2.39. The molecular formula is C15H29N3O. The minimum Gasteiger partial charge on any atom is -0.344 e. The topological polar surface area (TPSA) is 35.6 Å². The summed E-state index contributed by atoms with van der Waals surface area (Å²) in [6.07, 6.45) is 5.61. The van der Waals surface area contributed by atoms with Gasteiger partial charge in [-0.3, -0.25) is 4.79 Å². The zero-order valence-corrected chi connectivity index (χ0v) is 12.6. The van der Waals surface area contributed by atoms with Crippen LogP contribution in [0.4, 0.5) is 0 Å². The van der Waals surface area contributed by atoms with Crippen molar-refractivity contribution in [2.24, 2.45) is 5.41 Å². The van der Waals surface area contributed by atoms with Gasteiger partial charge in [-0.15, -0.1) is 0 Å². The van der Waals surface area contributed by atoms with Crippen LogP contribution in [0.1, 0.15) is 39.0 Å². The lowest BCUT2D eigenvalue weighted by atomic mass is 9.75. The average Bonchev–Trinajstić information content (AvgIpc) is 2.98. The molecule has 0 saturated carbocycles. The molecular weight excluding hydrogens is 238 g/mol. The molecule has 4 heteroatoms. The SMILES string of the molecule is CCC1(C(=O)N(C)CCN2CCCC2)CCNCC1. The lowest BCUT2D eigenvalue weighted by Crippen LogP contribution is -2.49. The van der Waals surface area contributed by atoms with E-state index in [4.69, 9.17) is 0 Å². The molecule has 2 rings (SSSR count). The molecule has 0 atom stereocenters. The van der Waals surface area contributed by atoms with E-state index in [9.17, 15) is 4.79 Å². The second-order valence-electron chi connectivity index (χ2n) is 6.16. The number of hydrogen-bond acceptors (Lipinski definition) is 3. The first-order valence-corrected chi connectivity index (χ1v) is 7.86. The zero-order chi connectivity index (χ0) is 13.7. The molecule has 0 unspecified atom stereocenters. The van der Waals surface area contributed by atoms with E-state index in [1.807, 2.05) is 11.9 Å². The normalized spacial score (nSPS) is 23.5. The van der Waals surface area contributed by atoms with Crippen molar-refractivity contribution in [3.8, 4) is 0 Å². The second kappa shape index (κ2) is 6.71. The Morgan fingerprint density at radius 3 is 2.47 bits per heavy atom. The quantitative estimate of drug-likeness (QED) is 0.816. The minimum absolute atomic E-state index is 0.0923. The van der Waals surface area contributed by atoms with Crippen LogP contribution in [-0.4, -0.2) is 62.0 Å². The molecule has 4 nitrogen and oxygen atoms in total. The van der Waals surface area contributed by atoms with E-state index in [-0.39, 0.29) is 5.41 Å². The maximum Gasteiger partial charge on any atom is 0.228 e. The molecule has 0 aromatic heterocycles. The van der Waals surface area contributed by atoms with Gasteiger partial charge in [0.15, 0.2) is 0 Å². The molecule has 2 aliphatic rings. The molecule has 2 heterocycles. The Kier molecular flexibility index (Phi) is 5.22. The lowest BCUT2D eigenvalue weighted by molar-refractivity contribution is -0.142. The van der Waals surface area contributed by atoms with Gasteiger partial charge in [0.2, 0.25) is 5.91 Å². The van der Waals surface area contributed by atoms with Gasteiger partial charge in [-0.25, -0.2) is 0 Å². The first-order chi connectivity index (χ1) is 9.18. The highest BCUT2D eigenvalue weighted by molar-refractivity contribution is 5.82. The summed E-state index contributed by atoms with van der Waals surface area (Å²) in [5.74, 6) is 0.371. The predicted molar refractivity (Wildman–Crippen MR) is 78.1 cm³/mol. The Labute approximate surface area is 117 Å². The van der Waals surface area contributed by atoms with Gasteiger partial charge in [-0.05, 0) is 58.3 Å². The Bertz CT molecular complexity index is 294. The monoisotopic (exact) mass is 267 g/mol. The maximum absolute atomic E-state index is 12.7. The summed E-state index contributed by atoms with van der Waals surface area (Å²) in [6.45, 7) is 8.49. The fraction of sp³-hybridized carbons (Fsp3) is 0.933. The van der Waals surface area contributed by atoms with Crippen LogP contribution >= 0.6 is 0 Å². The van der Waals surface area contributed by atoms with Crippen LogP contribution in [0.5, 0.6) is 0 Å². The summed E-state index contributed by atoms with van der Waals surface area (Å²) in [5, 5.41) is 3.37. The number of likely N-dealkylation sites (tertiary alicyclic amines) is 1. The van der Waals surface area contributed by atoms with Crippen LogP contribution in [0.15, 0.2) is 0 Å². The summed E-state index contributed by atoms with van der Waals surface area (Å²) in [6, 6.07) is 0. The van der Waals surface area contributed by atoms with Crippen LogP contribution in [0.2, 0.25) is 0 Å². The van der Waals surface area contributed by atoms with E-state index < -0.39 is 0 Å². The van der Waals surface area contributed by atoms with Gasteiger partial charge >= 0.3 is 0 Å². The van der Waals surface area contributed by atoms with Crippen molar-refractivity contribution >= 4 is 5.91 Å². The van der Waals surface area contributed by atoms with Crippen LogP contribution < -0.4 is 5.32 Å². The van der Waals surface area contributed by atoms with E-state index in [0.29, 0.717) is 5.91 Å². The minimum atomic E-state index is -0.0923. The van der Waals surface area contributed by atoms with Crippen molar-refractivity contribution in [1.29, 1.82) is 0 Å². The molecule has 0 bridgehead atoms. The standard InChI is InChI=1S/C15H29N3O/c1-3-15(6-8-16-9-7-15)14(19)17(2)12-13-18-10-4-5-11-18/h16H,3-13H2,1-2H3. The van der Waals surface area contributed by atoms with Gasteiger partial charge in [-0.2, -0.15) is 0 Å². The lowest BCUT2D eigenvalue weighted by Gasteiger charge is -2.38. The van der Waals surface area contributed by atoms with Crippen molar-refractivity contribution in [3.63, 3.8) is 0 Å². The van der Waals surface area contributed by atoms with Crippen molar-refractivity contribution in [2.75, 3.05) is 46.3 Å². The van der Waals surface area contributed by atoms with E-state index in [1.165, 1.54) is 25.9 Å². The summed E-state index contributed by atoms with van der Waals surface area (Å²) < 4.78 is 0. The number of hydrogen-bond donors (Lipinski definition) is 1. The third-order valence-corrected chi connectivity index (χ3v) is 4.99. The maximum atomic E-state index is 12.7. The Morgan fingerprint density at radius 1 is 1.26 bits per heavy atom. The molecule has 2 aliphatic heterocycles. The highest BCUT2D eigenvalue weighted by atomic mass is 16.2. The van der Waals surface area contributed by atoms with E-state index >= 15 is 0 Å². The number of rotatable bonds is 5. The van der Waals surface area contributed by atoms with E-state index in [2.05, 4.69) is 17.1 Å². The summed E-state index contributed by atoms with van der Waals surface area (Å²) in [7, 11) is 1.98. The molecule has 0 aromatic rings. The van der Waals surface area contributed by atoms with Crippen molar-refractivity contribution in [2.45, 2.75) is 39.0 Å². The fourth-order valence-corrected chi connectivity index (χ4v) is 3.43. The molecule has 2 saturated heterocycles. The number of nitrogens with one attached hydrogen (secondary N) is 1. The number of piperidine rings is 1. The molecule has 110 valence electrons. The molecule has 1 amide bonds. The summed E-state index contributed by atoms with van der Waals surface area (Å²) >= 11 is 0. The first-order valence-electron chi connectivity index (χ1n) is 7.86. The number of carbonyl (C=O) groups is 1. The highest BCUT2D eigenvalue weighted by Crippen LogP contribution is 2.34. The molecule has 0 radical (unpaired) electrons. The summed E-state index contributed by atoms with van der Waals surface area (Å²) in [4.78, 5) is 17.2. The third kappa shape index (κ3) is 3.48. The third-order valence-electron chi connectivity index (χ3n) is 4.99. The molecule has 19 heavy (non-hydrogen) atoms. The number of carbonyl (C=O) groups excluding carboxylic acids is 1. The van der Waals surface area contributed by atoms with Gasteiger partial charge < -0.3 is 15.1 Å². The van der Waals surface area contributed by atoms with Gasteiger partial charge in [0.05, 0.1) is 5.41 Å². The predicted octanol–water partition coefficient (Wildman–Crippen LogP) is 1.32. The first kappa shape index (κ1) is 14.8. The largest absolute Gasteiger partial charge is 0.344 e. The molecule has 1 N–H and O–H groups in total. The Balaban J connectivity index is 1.85. The second-order valence-corrected chi connectivity index (χ2v) is 6.16. The smallest absolute Gasteiger partial charge is 0.228 e. The van der Waals surface area contributed by atoms with Gasteiger partial charge in [0.25, 0.3) is 0 Å². The number of likely N-dealkylation sites (N-methyl/N-ethyl adjacent to an activating group) is 1. The zero-order valence-electron chi connectivity index (χ0n) is 12.6. The Hall–Kier alpha value is -0.610. The van der Waals surface area contributed by atoms with Gasteiger partial charge in [-0.1, -0.05) is 6.92 Å². The average molecular weight is 267 g/mol. The van der Waals surface area contributed by atoms with E-state index in [1.54, 1.807) is 0 Å². The van der Waals surface area contributed by atoms with Crippen molar-refractivity contribution in [1.82, 2.24) is 15.1 Å². The fourth-order valence-electron chi connectivity index (χ4n) is 3.43. The molecule has 0 spiro atoms. The van der Waals surface area contributed by atoms with Crippen LogP contribution in [0, 0.1) is 5.41 Å². The van der Waals surface area contributed by atoms with Crippen molar-refractivity contribution < 1.29 is 4.79 Å². The summed E-state index contributed by atoms with van der Waals surface area (Å²) in [5.41, 5.74) is -0.0923. The van der Waals surface area contributed by atoms with Gasteiger partial charge in [0.1, 0.15) is 0 Å².